The van der Waals surface area contributed by atoms with Gasteiger partial charge in [0.05, 0.1) is 13.2 Å². The third-order valence-corrected chi connectivity index (χ3v) is 9.84. The first-order chi connectivity index (χ1) is 25.8. The summed E-state index contributed by atoms with van der Waals surface area (Å²) in [5, 5.41) is 40.0. The second kappa shape index (κ2) is 34.7. The Bertz CT molecular complexity index is 923. The summed E-state index contributed by atoms with van der Waals surface area (Å²) in [6, 6.07) is 0. The molecular weight excluding hydrogens is 676 g/mol. The summed E-state index contributed by atoms with van der Waals surface area (Å²) in [6.45, 7) is 3.38. The third kappa shape index (κ3) is 26.6. The van der Waals surface area contributed by atoms with Gasteiger partial charge in [0.15, 0.2) is 12.4 Å². The first-order valence-corrected chi connectivity index (χ1v) is 21.4. The molecule has 10 nitrogen and oxygen atoms in total. The second-order valence-corrected chi connectivity index (χ2v) is 14.8. The van der Waals surface area contributed by atoms with Gasteiger partial charge in [0.25, 0.3) is 0 Å². The van der Waals surface area contributed by atoms with Crippen molar-refractivity contribution in [3.63, 3.8) is 0 Å². The number of hydrogen-bond acceptors (Lipinski definition) is 10. The summed E-state index contributed by atoms with van der Waals surface area (Å²) < 4.78 is 22.1. The van der Waals surface area contributed by atoms with Crippen LogP contribution in [0.15, 0.2) is 24.3 Å². The maximum Gasteiger partial charge on any atom is 0.306 e. The Morgan fingerprint density at radius 3 is 1.60 bits per heavy atom. The summed E-state index contributed by atoms with van der Waals surface area (Å²) in [5.41, 5.74) is 0. The molecule has 1 fully saturated rings. The molecule has 0 aromatic rings. The van der Waals surface area contributed by atoms with Gasteiger partial charge >= 0.3 is 11.9 Å². The van der Waals surface area contributed by atoms with Gasteiger partial charge in [-0.15, -0.1) is 0 Å². The number of ether oxygens (including phenoxy) is 4. The van der Waals surface area contributed by atoms with E-state index in [1.165, 1.54) is 89.9 Å². The van der Waals surface area contributed by atoms with Gasteiger partial charge in [-0.3, -0.25) is 9.59 Å². The zero-order valence-electron chi connectivity index (χ0n) is 33.5. The van der Waals surface area contributed by atoms with Crippen LogP contribution in [0, 0.1) is 0 Å². The van der Waals surface area contributed by atoms with E-state index in [2.05, 4.69) is 38.2 Å². The molecule has 6 atom stereocenters. The number of esters is 2. The van der Waals surface area contributed by atoms with Crippen molar-refractivity contribution < 1.29 is 49.0 Å². The molecule has 10 heteroatoms. The molecule has 1 aliphatic heterocycles. The predicted octanol–water partition coefficient (Wildman–Crippen LogP) is 8.55. The molecule has 1 aliphatic rings. The molecule has 0 radical (unpaired) electrons. The van der Waals surface area contributed by atoms with Gasteiger partial charge in [0, 0.05) is 12.8 Å². The number of carbonyl (C=O) groups is 2. The van der Waals surface area contributed by atoms with Crippen LogP contribution in [0.4, 0.5) is 0 Å². The molecule has 4 N–H and O–H groups in total. The number of rotatable bonds is 35. The van der Waals surface area contributed by atoms with Crippen LogP contribution in [0.3, 0.4) is 0 Å². The zero-order valence-corrected chi connectivity index (χ0v) is 33.5. The van der Waals surface area contributed by atoms with Gasteiger partial charge < -0.3 is 39.4 Å². The number of aliphatic hydroxyl groups is 4. The van der Waals surface area contributed by atoms with Crippen LogP contribution in [-0.4, -0.2) is 89.0 Å². The van der Waals surface area contributed by atoms with E-state index >= 15 is 0 Å². The highest BCUT2D eigenvalue weighted by molar-refractivity contribution is 5.70. The van der Waals surface area contributed by atoms with Crippen molar-refractivity contribution in [3.8, 4) is 0 Å². The minimum atomic E-state index is -1.59. The number of unbranched alkanes of at least 4 members (excludes halogenated alkanes) is 20. The molecule has 1 rings (SSSR count). The smallest absolute Gasteiger partial charge is 0.306 e. The van der Waals surface area contributed by atoms with Crippen LogP contribution >= 0.6 is 0 Å². The zero-order chi connectivity index (χ0) is 38.8. The molecule has 0 aromatic heterocycles. The van der Waals surface area contributed by atoms with Crippen molar-refractivity contribution >= 4 is 11.9 Å². The summed E-state index contributed by atoms with van der Waals surface area (Å²) >= 11 is 0. The van der Waals surface area contributed by atoms with Gasteiger partial charge in [-0.2, -0.15) is 0 Å². The van der Waals surface area contributed by atoms with Crippen LogP contribution in [0.1, 0.15) is 181 Å². The fourth-order valence-electron chi connectivity index (χ4n) is 6.39. The number of allylic oxidation sites excluding steroid dienone is 4. The van der Waals surface area contributed by atoms with Gasteiger partial charge in [-0.05, 0) is 44.9 Å². The second-order valence-electron chi connectivity index (χ2n) is 14.8. The Morgan fingerprint density at radius 1 is 0.585 bits per heavy atom. The Kier molecular flexibility index (Phi) is 32.2. The van der Waals surface area contributed by atoms with E-state index in [0.717, 1.165) is 57.8 Å². The van der Waals surface area contributed by atoms with E-state index in [-0.39, 0.29) is 32.0 Å². The average molecular weight is 755 g/mol. The lowest BCUT2D eigenvalue weighted by Crippen LogP contribution is -2.59. The van der Waals surface area contributed by atoms with Crippen molar-refractivity contribution in [2.45, 2.75) is 218 Å². The minimum Gasteiger partial charge on any atom is -0.462 e. The van der Waals surface area contributed by atoms with E-state index in [0.29, 0.717) is 6.42 Å². The van der Waals surface area contributed by atoms with Crippen LogP contribution < -0.4 is 0 Å². The Balaban J connectivity index is 2.36. The normalized spacial score (nSPS) is 21.1. The topological polar surface area (TPSA) is 152 Å². The van der Waals surface area contributed by atoms with Crippen molar-refractivity contribution in [2.24, 2.45) is 0 Å². The van der Waals surface area contributed by atoms with E-state index in [4.69, 9.17) is 18.9 Å². The lowest BCUT2D eigenvalue weighted by atomic mass is 9.99. The molecule has 53 heavy (non-hydrogen) atoms. The summed E-state index contributed by atoms with van der Waals surface area (Å²) in [4.78, 5) is 25.2. The van der Waals surface area contributed by atoms with Crippen LogP contribution in [-0.2, 0) is 28.5 Å². The molecule has 1 saturated heterocycles. The lowest BCUT2D eigenvalue weighted by molar-refractivity contribution is -0.305. The van der Waals surface area contributed by atoms with E-state index in [1.54, 1.807) is 0 Å². The van der Waals surface area contributed by atoms with Crippen LogP contribution in [0.5, 0.6) is 0 Å². The summed E-state index contributed by atoms with van der Waals surface area (Å²) in [7, 11) is 0. The maximum absolute atomic E-state index is 12.7. The molecule has 310 valence electrons. The predicted molar refractivity (Wildman–Crippen MR) is 210 cm³/mol. The quantitative estimate of drug-likeness (QED) is 0.0281. The highest BCUT2D eigenvalue weighted by atomic mass is 16.7. The monoisotopic (exact) mass is 755 g/mol. The van der Waals surface area contributed by atoms with Gasteiger partial charge in [-0.25, -0.2) is 0 Å². The summed E-state index contributed by atoms with van der Waals surface area (Å²) in [6.07, 6.45) is 28.9. The average Bonchev–Trinajstić information content (AvgIpc) is 3.15. The molecule has 0 aliphatic carbocycles. The maximum atomic E-state index is 12.7. The van der Waals surface area contributed by atoms with E-state index in [1.807, 2.05) is 0 Å². The standard InChI is InChI=1S/C43H78O10/c1-3-5-7-9-11-13-15-17-18-20-22-24-26-28-30-32-39(46)52-36(35-51-43-42(49)41(48)40(47)37(33-44)53-43)34-50-38(45)31-29-27-25-23-21-19-16-14-12-10-8-6-4-2/h11,13,17-18,36-37,40-44,47-49H,3-10,12,14-16,19-35H2,1-2H3/b13-11+,18-17+/t36?,37-,40+,41+,42-,43-/m1/s1. The van der Waals surface area contributed by atoms with Crippen molar-refractivity contribution in [3.05, 3.63) is 24.3 Å². The first kappa shape index (κ1) is 49.2. The van der Waals surface area contributed by atoms with Crippen LogP contribution in [0.2, 0.25) is 0 Å². The molecule has 0 aromatic carbocycles. The number of aliphatic hydroxyl groups excluding tert-OH is 4. The van der Waals surface area contributed by atoms with E-state index in [9.17, 15) is 30.0 Å². The lowest BCUT2D eigenvalue weighted by Gasteiger charge is -2.39. The van der Waals surface area contributed by atoms with Crippen LogP contribution in [0.25, 0.3) is 0 Å². The molecule has 1 heterocycles. The first-order valence-electron chi connectivity index (χ1n) is 21.4. The molecule has 0 saturated carbocycles. The molecule has 0 amide bonds. The van der Waals surface area contributed by atoms with E-state index < -0.39 is 49.4 Å². The summed E-state index contributed by atoms with van der Waals surface area (Å²) in [5.74, 6) is -0.818. The highest BCUT2D eigenvalue weighted by Crippen LogP contribution is 2.22. The molecule has 1 unspecified atom stereocenters. The molecular formula is C43H78O10. The van der Waals surface area contributed by atoms with Gasteiger partial charge in [0.1, 0.15) is 31.0 Å². The van der Waals surface area contributed by atoms with Gasteiger partial charge in [-0.1, -0.05) is 147 Å². The fourth-order valence-corrected chi connectivity index (χ4v) is 6.39. The largest absolute Gasteiger partial charge is 0.462 e. The SMILES string of the molecule is CCCCC/C=C/C/C=C/CCCCCCCC(=O)OC(COC(=O)CCCCCCCCCCCCCCC)CO[C@@H]1O[C@H](CO)[C@H](O)[C@H](O)[C@H]1O. The van der Waals surface area contributed by atoms with Crippen molar-refractivity contribution in [2.75, 3.05) is 19.8 Å². The molecule has 0 spiro atoms. The molecule has 0 bridgehead atoms. The van der Waals surface area contributed by atoms with Gasteiger partial charge in [0.2, 0.25) is 0 Å². The highest BCUT2D eigenvalue weighted by Gasteiger charge is 2.44. The third-order valence-electron chi connectivity index (χ3n) is 9.84. The van der Waals surface area contributed by atoms with Crippen molar-refractivity contribution in [1.82, 2.24) is 0 Å². The fraction of sp³-hybridized carbons (Fsp3) is 0.860. The Morgan fingerprint density at radius 2 is 1.06 bits per heavy atom. The Labute approximate surface area is 322 Å². The number of hydrogen-bond donors (Lipinski definition) is 4. The minimum absolute atomic E-state index is 0.216. The number of carbonyl (C=O) groups excluding carboxylic acids is 2. The Hall–Kier alpha value is -1.82. The van der Waals surface area contributed by atoms with Crippen molar-refractivity contribution in [1.29, 1.82) is 0 Å².